The van der Waals surface area contributed by atoms with Crippen LogP contribution in [-0.2, 0) is 4.74 Å². The topological polar surface area (TPSA) is 88.7 Å². The monoisotopic (exact) mass is 277 g/mol. The summed E-state index contributed by atoms with van der Waals surface area (Å²) in [4.78, 5) is 17.9. The molecule has 0 aliphatic heterocycles. The van der Waals surface area contributed by atoms with Crippen LogP contribution in [0.4, 0.5) is 0 Å². The van der Waals surface area contributed by atoms with Gasteiger partial charge in [0.05, 0.1) is 30.9 Å². The van der Waals surface area contributed by atoms with Crippen molar-refractivity contribution in [3.8, 4) is 11.8 Å². The van der Waals surface area contributed by atoms with Crippen LogP contribution >= 0.6 is 0 Å². The number of nitrogens with zero attached hydrogens (tertiary/aromatic N) is 2. The number of rotatable bonds is 6. The Kier molecular flexibility index (Phi) is 7.29. The van der Waals surface area contributed by atoms with Crippen molar-refractivity contribution < 1.29 is 14.6 Å². The van der Waals surface area contributed by atoms with Gasteiger partial charge in [0, 0.05) is 32.6 Å². The highest BCUT2D eigenvalue weighted by Gasteiger charge is 2.17. The quantitative estimate of drug-likeness (QED) is 0.683. The molecule has 0 aliphatic rings. The SMILES string of the molecule is COCCN(CCO)C(=O)c1ccncc1C#CCN. The van der Waals surface area contributed by atoms with Crippen LogP contribution in [0.3, 0.4) is 0 Å². The Morgan fingerprint density at radius 2 is 2.35 bits per heavy atom. The van der Waals surface area contributed by atoms with Gasteiger partial charge < -0.3 is 20.5 Å². The second-order valence-corrected chi connectivity index (χ2v) is 3.94. The maximum atomic E-state index is 12.5. The van der Waals surface area contributed by atoms with Gasteiger partial charge in [-0.3, -0.25) is 9.78 Å². The number of amides is 1. The average molecular weight is 277 g/mol. The number of carbonyl (C=O) groups is 1. The smallest absolute Gasteiger partial charge is 0.255 e. The summed E-state index contributed by atoms with van der Waals surface area (Å²) in [5, 5.41) is 9.05. The van der Waals surface area contributed by atoms with Crippen LogP contribution in [0.5, 0.6) is 0 Å². The summed E-state index contributed by atoms with van der Waals surface area (Å²) in [6.45, 7) is 1.16. The maximum absolute atomic E-state index is 12.5. The minimum atomic E-state index is -0.208. The van der Waals surface area contributed by atoms with Crippen molar-refractivity contribution in [1.82, 2.24) is 9.88 Å². The number of aromatic nitrogens is 1. The molecular weight excluding hydrogens is 258 g/mol. The van der Waals surface area contributed by atoms with Gasteiger partial charge in [0.2, 0.25) is 0 Å². The van der Waals surface area contributed by atoms with Crippen molar-refractivity contribution in [2.45, 2.75) is 0 Å². The molecule has 1 amide bonds. The van der Waals surface area contributed by atoms with E-state index in [0.717, 1.165) is 0 Å². The van der Waals surface area contributed by atoms with Gasteiger partial charge in [-0.05, 0) is 6.07 Å². The highest BCUT2D eigenvalue weighted by molar-refractivity contribution is 5.96. The highest BCUT2D eigenvalue weighted by atomic mass is 16.5. The second kappa shape index (κ2) is 9.04. The lowest BCUT2D eigenvalue weighted by Crippen LogP contribution is -2.36. The number of ether oxygens (including phenoxy) is 1. The van der Waals surface area contributed by atoms with Gasteiger partial charge in [-0.15, -0.1) is 0 Å². The van der Waals surface area contributed by atoms with Crippen LogP contribution < -0.4 is 5.73 Å². The molecule has 1 aromatic rings. The van der Waals surface area contributed by atoms with E-state index in [2.05, 4.69) is 16.8 Å². The Bertz CT molecular complexity index is 494. The van der Waals surface area contributed by atoms with Gasteiger partial charge in [-0.1, -0.05) is 11.8 Å². The molecule has 0 bridgehead atoms. The van der Waals surface area contributed by atoms with Gasteiger partial charge in [0.25, 0.3) is 5.91 Å². The Balaban J connectivity index is 2.98. The van der Waals surface area contributed by atoms with Crippen molar-refractivity contribution in [3.05, 3.63) is 29.6 Å². The summed E-state index contributed by atoms with van der Waals surface area (Å²) >= 11 is 0. The van der Waals surface area contributed by atoms with Gasteiger partial charge >= 0.3 is 0 Å². The molecule has 0 atom stereocenters. The van der Waals surface area contributed by atoms with E-state index in [-0.39, 0.29) is 25.6 Å². The van der Waals surface area contributed by atoms with Gasteiger partial charge in [-0.2, -0.15) is 0 Å². The first-order valence-electron chi connectivity index (χ1n) is 6.26. The van der Waals surface area contributed by atoms with Crippen LogP contribution in [-0.4, -0.2) is 60.9 Å². The number of carbonyl (C=O) groups excluding carboxylic acids is 1. The van der Waals surface area contributed by atoms with Gasteiger partial charge in [0.15, 0.2) is 0 Å². The Labute approximate surface area is 118 Å². The fourth-order valence-electron chi connectivity index (χ4n) is 1.63. The molecule has 0 saturated carbocycles. The highest BCUT2D eigenvalue weighted by Crippen LogP contribution is 2.09. The number of hydrogen-bond acceptors (Lipinski definition) is 5. The zero-order valence-corrected chi connectivity index (χ0v) is 11.5. The third-order valence-electron chi connectivity index (χ3n) is 2.60. The van der Waals surface area contributed by atoms with Crippen molar-refractivity contribution >= 4 is 5.91 Å². The lowest BCUT2D eigenvalue weighted by molar-refractivity contribution is 0.0656. The van der Waals surface area contributed by atoms with Crippen molar-refractivity contribution in [3.63, 3.8) is 0 Å². The summed E-state index contributed by atoms with van der Waals surface area (Å²) in [5.41, 5.74) is 6.32. The largest absolute Gasteiger partial charge is 0.395 e. The zero-order valence-electron chi connectivity index (χ0n) is 11.5. The van der Waals surface area contributed by atoms with E-state index in [1.54, 1.807) is 13.2 Å². The average Bonchev–Trinajstić information content (AvgIpc) is 2.49. The first kappa shape index (κ1) is 16.1. The molecule has 3 N–H and O–H groups in total. The Hall–Kier alpha value is -1.94. The lowest BCUT2D eigenvalue weighted by Gasteiger charge is -2.21. The van der Waals surface area contributed by atoms with E-state index >= 15 is 0 Å². The molecule has 0 aromatic carbocycles. The fraction of sp³-hybridized carbons (Fsp3) is 0.429. The summed E-state index contributed by atoms with van der Waals surface area (Å²) in [6.07, 6.45) is 3.07. The first-order valence-corrected chi connectivity index (χ1v) is 6.26. The molecule has 0 saturated heterocycles. The van der Waals surface area contributed by atoms with Crippen LogP contribution in [0.1, 0.15) is 15.9 Å². The van der Waals surface area contributed by atoms with Gasteiger partial charge in [-0.25, -0.2) is 0 Å². The Morgan fingerprint density at radius 3 is 3.00 bits per heavy atom. The summed E-state index contributed by atoms with van der Waals surface area (Å²) in [5.74, 6) is 5.33. The van der Waals surface area contributed by atoms with Crippen LogP contribution in [0.2, 0.25) is 0 Å². The van der Waals surface area contributed by atoms with E-state index in [4.69, 9.17) is 15.6 Å². The predicted molar refractivity (Wildman–Crippen MR) is 75.0 cm³/mol. The molecule has 20 heavy (non-hydrogen) atoms. The molecule has 1 heterocycles. The Morgan fingerprint density at radius 1 is 1.55 bits per heavy atom. The molecule has 1 rings (SSSR count). The zero-order chi connectivity index (χ0) is 14.8. The standard InChI is InChI=1S/C14H19N3O3/c1-20-10-8-17(7-9-18)14(19)13-4-6-16-11-12(13)3-2-5-15/h4,6,11,18H,5,7-10,15H2,1H3. The third kappa shape index (κ3) is 4.63. The molecule has 0 unspecified atom stereocenters. The van der Waals surface area contributed by atoms with E-state index in [1.165, 1.54) is 17.3 Å². The van der Waals surface area contributed by atoms with Gasteiger partial charge in [0.1, 0.15) is 0 Å². The molecule has 0 aliphatic carbocycles. The van der Waals surface area contributed by atoms with E-state index in [0.29, 0.717) is 24.3 Å². The summed E-state index contributed by atoms with van der Waals surface area (Å²) in [7, 11) is 1.56. The van der Waals surface area contributed by atoms with Crippen LogP contribution in [0, 0.1) is 11.8 Å². The number of nitrogens with two attached hydrogens (primary N) is 1. The number of aliphatic hydroxyl groups excluding tert-OH is 1. The number of aliphatic hydroxyl groups is 1. The number of methoxy groups -OCH3 is 1. The molecule has 6 nitrogen and oxygen atoms in total. The molecule has 1 aromatic heterocycles. The molecule has 0 radical (unpaired) electrons. The van der Waals surface area contributed by atoms with E-state index in [9.17, 15) is 4.79 Å². The van der Waals surface area contributed by atoms with E-state index < -0.39 is 0 Å². The normalized spacial score (nSPS) is 9.75. The molecule has 0 spiro atoms. The molecule has 6 heteroatoms. The molecular formula is C14H19N3O3. The van der Waals surface area contributed by atoms with Crippen molar-refractivity contribution in [1.29, 1.82) is 0 Å². The van der Waals surface area contributed by atoms with Crippen molar-refractivity contribution in [2.24, 2.45) is 5.73 Å². The van der Waals surface area contributed by atoms with Crippen molar-refractivity contribution in [2.75, 3.05) is 40.0 Å². The first-order chi connectivity index (χ1) is 9.74. The van der Waals surface area contributed by atoms with E-state index in [1.807, 2.05) is 0 Å². The maximum Gasteiger partial charge on any atom is 0.255 e. The number of hydrogen-bond donors (Lipinski definition) is 2. The minimum Gasteiger partial charge on any atom is -0.395 e. The van der Waals surface area contributed by atoms with Crippen LogP contribution in [0.15, 0.2) is 18.5 Å². The summed E-state index contributed by atoms with van der Waals surface area (Å²) in [6, 6.07) is 1.61. The second-order valence-electron chi connectivity index (χ2n) is 3.94. The third-order valence-corrected chi connectivity index (χ3v) is 2.60. The minimum absolute atomic E-state index is 0.107. The fourth-order valence-corrected chi connectivity index (χ4v) is 1.63. The van der Waals surface area contributed by atoms with Crippen LogP contribution in [0.25, 0.3) is 0 Å². The summed E-state index contributed by atoms with van der Waals surface area (Å²) < 4.78 is 4.97. The predicted octanol–water partition coefficient (Wildman–Crippen LogP) is -0.527. The number of pyridine rings is 1. The lowest BCUT2D eigenvalue weighted by atomic mass is 10.1. The molecule has 0 fully saturated rings. The molecule has 108 valence electrons.